The summed E-state index contributed by atoms with van der Waals surface area (Å²) in [6.07, 6.45) is 6.24. The molecule has 2 aromatic heterocycles. The molecule has 3 rings (SSSR count). The normalized spacial score (nSPS) is 11.9. The molecule has 2 heterocycles. The molecule has 0 bridgehead atoms. The molecule has 2 nitrogen and oxygen atoms in total. The van der Waals surface area contributed by atoms with Gasteiger partial charge < -0.3 is 4.42 Å². The number of thiophene rings is 1. The van der Waals surface area contributed by atoms with Crippen LogP contribution in [0.15, 0.2) is 58.5 Å². The van der Waals surface area contributed by atoms with E-state index in [4.69, 9.17) is 4.42 Å². The number of rotatable bonds is 5. The highest BCUT2D eigenvalue weighted by atomic mass is 32.1. The Hall–Kier alpha value is -1.84. The third-order valence-corrected chi connectivity index (χ3v) is 4.08. The molecule has 0 radical (unpaired) electrons. The molecule has 3 heteroatoms. The Bertz CT molecular complexity index is 697. The summed E-state index contributed by atoms with van der Waals surface area (Å²) in [5.74, 6) is 0. The van der Waals surface area contributed by atoms with Gasteiger partial charge in [-0.2, -0.15) is 0 Å². The summed E-state index contributed by atoms with van der Waals surface area (Å²) < 4.78 is 5.57. The first-order valence-corrected chi connectivity index (χ1v) is 7.54. The van der Waals surface area contributed by atoms with E-state index in [0.717, 1.165) is 18.7 Å². The maximum absolute atomic E-state index is 5.57. The summed E-state index contributed by atoms with van der Waals surface area (Å²) >= 11 is 1.76. The molecule has 3 aromatic rings. The number of hydrogen-bond donors (Lipinski definition) is 0. The summed E-state index contributed by atoms with van der Waals surface area (Å²) in [6, 6.07) is 12.4. The van der Waals surface area contributed by atoms with Crippen molar-refractivity contribution in [2.24, 2.45) is 0 Å². The van der Waals surface area contributed by atoms with Crippen molar-refractivity contribution in [3.05, 3.63) is 64.6 Å². The lowest BCUT2D eigenvalue weighted by Crippen LogP contribution is -2.17. The lowest BCUT2D eigenvalue weighted by Gasteiger charge is -2.12. The second kappa shape index (κ2) is 6.07. The molecule has 0 unspecified atom stereocenters. The number of hydrogen-bond acceptors (Lipinski definition) is 3. The molecule has 0 spiro atoms. The van der Waals surface area contributed by atoms with E-state index in [-0.39, 0.29) is 0 Å². The second-order valence-corrected chi connectivity index (χ2v) is 5.85. The van der Waals surface area contributed by atoms with Gasteiger partial charge in [-0.15, -0.1) is 11.3 Å². The van der Waals surface area contributed by atoms with E-state index in [1.165, 1.54) is 15.8 Å². The molecule has 0 aliphatic carbocycles. The van der Waals surface area contributed by atoms with Gasteiger partial charge in [0.05, 0.1) is 6.26 Å². The Kier molecular flexibility index (Phi) is 4.00. The van der Waals surface area contributed by atoms with Gasteiger partial charge in [0, 0.05) is 28.9 Å². The van der Waals surface area contributed by atoms with Gasteiger partial charge in [-0.05, 0) is 30.6 Å². The van der Waals surface area contributed by atoms with E-state index in [1.807, 2.05) is 18.4 Å². The van der Waals surface area contributed by atoms with Crippen molar-refractivity contribution in [1.29, 1.82) is 0 Å². The third kappa shape index (κ3) is 3.00. The monoisotopic (exact) mass is 283 g/mol. The molecule has 0 saturated carbocycles. The molecule has 0 atom stereocenters. The Balaban J connectivity index is 1.62. The van der Waals surface area contributed by atoms with Crippen LogP contribution in [0.1, 0.15) is 10.4 Å². The first-order chi connectivity index (χ1) is 9.83. The molecule has 0 N–H and O–H groups in total. The minimum Gasteiger partial charge on any atom is -0.464 e. The molecule has 0 saturated heterocycles. The number of likely N-dealkylation sites (N-methyl/N-ethyl adjacent to an activating group) is 1. The molecule has 0 aliphatic heterocycles. The van der Waals surface area contributed by atoms with Gasteiger partial charge in [0.2, 0.25) is 0 Å². The molecular weight excluding hydrogens is 266 g/mol. The third-order valence-electron chi connectivity index (χ3n) is 3.24. The fraction of sp³-hybridized carbons (Fsp3) is 0.176. The lowest BCUT2D eigenvalue weighted by atomic mass is 10.1. The molecule has 102 valence electrons. The minimum absolute atomic E-state index is 0.895. The number of nitrogens with zero attached hydrogens (tertiary/aromatic N) is 1. The zero-order valence-electron chi connectivity index (χ0n) is 11.5. The predicted octanol–water partition coefficient (Wildman–Crippen LogP) is 4.64. The molecule has 0 amide bonds. The fourth-order valence-corrected chi connectivity index (χ4v) is 2.89. The van der Waals surface area contributed by atoms with Crippen LogP contribution in [0.3, 0.4) is 0 Å². The van der Waals surface area contributed by atoms with Crippen molar-refractivity contribution >= 4 is 28.4 Å². The Morgan fingerprint density at radius 3 is 2.95 bits per heavy atom. The van der Waals surface area contributed by atoms with Gasteiger partial charge in [0.25, 0.3) is 0 Å². The van der Waals surface area contributed by atoms with Gasteiger partial charge in [0.15, 0.2) is 0 Å². The number of fused-ring (bicyclic) bond motifs is 1. The van der Waals surface area contributed by atoms with Crippen LogP contribution >= 0.6 is 11.3 Å². The van der Waals surface area contributed by atoms with Gasteiger partial charge in [-0.1, -0.05) is 30.3 Å². The van der Waals surface area contributed by atoms with Crippen LogP contribution in [-0.2, 0) is 6.54 Å². The molecule has 20 heavy (non-hydrogen) atoms. The van der Waals surface area contributed by atoms with Crippen LogP contribution in [0.4, 0.5) is 0 Å². The minimum atomic E-state index is 0.895. The summed E-state index contributed by atoms with van der Waals surface area (Å²) in [6.45, 7) is 1.82. The molecule has 0 aliphatic rings. The van der Waals surface area contributed by atoms with Crippen molar-refractivity contribution in [2.75, 3.05) is 13.6 Å². The maximum atomic E-state index is 5.57. The van der Waals surface area contributed by atoms with Gasteiger partial charge in [-0.3, -0.25) is 4.90 Å². The summed E-state index contributed by atoms with van der Waals surface area (Å²) in [7, 11) is 2.13. The Morgan fingerprint density at radius 1 is 1.20 bits per heavy atom. The van der Waals surface area contributed by atoms with E-state index in [9.17, 15) is 0 Å². The molecule has 0 fully saturated rings. The van der Waals surface area contributed by atoms with Crippen LogP contribution in [0.5, 0.6) is 0 Å². The van der Waals surface area contributed by atoms with Crippen LogP contribution in [0.25, 0.3) is 17.0 Å². The average Bonchev–Trinajstić information content (AvgIpc) is 3.09. The van der Waals surface area contributed by atoms with Gasteiger partial charge >= 0.3 is 0 Å². The van der Waals surface area contributed by atoms with Crippen molar-refractivity contribution in [3.63, 3.8) is 0 Å². The SMILES string of the molecule is CN(CC=Cc1cccs1)Cc1coc2ccccc12. The standard InChI is InChI=1S/C17H17NOS/c1-18(10-4-6-15-7-5-11-20-15)12-14-13-19-17-9-3-2-8-16(14)17/h2-9,11,13H,10,12H2,1H3. The van der Waals surface area contributed by atoms with Crippen molar-refractivity contribution < 1.29 is 4.42 Å². The Morgan fingerprint density at radius 2 is 2.10 bits per heavy atom. The quantitative estimate of drug-likeness (QED) is 0.678. The number of furan rings is 1. The van der Waals surface area contributed by atoms with E-state index < -0.39 is 0 Å². The van der Waals surface area contributed by atoms with Crippen LogP contribution in [0, 0.1) is 0 Å². The average molecular weight is 283 g/mol. The Labute approximate surface area is 122 Å². The highest BCUT2D eigenvalue weighted by Gasteiger charge is 2.06. The topological polar surface area (TPSA) is 16.4 Å². The first kappa shape index (κ1) is 13.2. The second-order valence-electron chi connectivity index (χ2n) is 4.87. The lowest BCUT2D eigenvalue weighted by molar-refractivity contribution is 0.363. The fourth-order valence-electron chi connectivity index (χ4n) is 2.25. The molecule has 1 aromatic carbocycles. The van der Waals surface area contributed by atoms with Crippen molar-refractivity contribution in [3.8, 4) is 0 Å². The van der Waals surface area contributed by atoms with E-state index >= 15 is 0 Å². The van der Waals surface area contributed by atoms with Crippen molar-refractivity contribution in [1.82, 2.24) is 4.90 Å². The highest BCUT2D eigenvalue weighted by molar-refractivity contribution is 7.10. The summed E-state index contributed by atoms with van der Waals surface area (Å²) in [4.78, 5) is 3.58. The van der Waals surface area contributed by atoms with E-state index in [0.29, 0.717) is 0 Å². The zero-order valence-corrected chi connectivity index (χ0v) is 12.3. The van der Waals surface area contributed by atoms with Crippen LogP contribution < -0.4 is 0 Å². The summed E-state index contributed by atoms with van der Waals surface area (Å²) in [5.41, 5.74) is 2.21. The van der Waals surface area contributed by atoms with Crippen LogP contribution in [0.2, 0.25) is 0 Å². The first-order valence-electron chi connectivity index (χ1n) is 6.66. The summed E-state index contributed by atoms with van der Waals surface area (Å²) in [5, 5.41) is 3.31. The smallest absolute Gasteiger partial charge is 0.134 e. The predicted molar refractivity (Wildman–Crippen MR) is 85.9 cm³/mol. The van der Waals surface area contributed by atoms with E-state index in [1.54, 1.807) is 11.3 Å². The highest BCUT2D eigenvalue weighted by Crippen LogP contribution is 2.21. The maximum Gasteiger partial charge on any atom is 0.134 e. The van der Waals surface area contributed by atoms with Gasteiger partial charge in [-0.25, -0.2) is 0 Å². The number of para-hydroxylation sites is 1. The van der Waals surface area contributed by atoms with Gasteiger partial charge in [0.1, 0.15) is 5.58 Å². The largest absolute Gasteiger partial charge is 0.464 e. The molecular formula is C17H17NOS. The number of benzene rings is 1. The van der Waals surface area contributed by atoms with E-state index in [2.05, 4.69) is 53.7 Å². The van der Waals surface area contributed by atoms with Crippen LogP contribution in [-0.4, -0.2) is 18.5 Å². The van der Waals surface area contributed by atoms with Crippen molar-refractivity contribution in [2.45, 2.75) is 6.54 Å². The zero-order chi connectivity index (χ0) is 13.8.